The second-order valence-corrected chi connectivity index (χ2v) is 7.61. The number of ether oxygens (including phenoxy) is 1. The third-order valence-corrected chi connectivity index (χ3v) is 5.75. The number of carbonyl (C=O) groups excluding carboxylic acids is 1. The van der Waals surface area contributed by atoms with Gasteiger partial charge in [-0.15, -0.1) is 12.4 Å². The summed E-state index contributed by atoms with van der Waals surface area (Å²) in [5.74, 6) is 0.0454. The van der Waals surface area contributed by atoms with Crippen molar-refractivity contribution in [1.29, 1.82) is 0 Å². The molecular weight excluding hydrogens is 352 g/mol. The number of carbonyl (C=O) groups is 1. The highest BCUT2D eigenvalue weighted by Gasteiger charge is 2.19. The summed E-state index contributed by atoms with van der Waals surface area (Å²) < 4.78 is 32.1. The Kier molecular flexibility index (Phi) is 8.15. The Morgan fingerprint density at radius 2 is 2.17 bits per heavy atom. The molecule has 1 heterocycles. The van der Waals surface area contributed by atoms with E-state index >= 15 is 0 Å². The normalized spacial score (nSPS) is 17.8. The number of hydrogen-bond acceptors (Lipinski definition) is 5. The van der Waals surface area contributed by atoms with E-state index in [9.17, 15) is 13.2 Å². The number of halogens is 1. The number of rotatable bonds is 6. The van der Waals surface area contributed by atoms with Gasteiger partial charge in [0.2, 0.25) is 10.0 Å². The molecule has 8 heteroatoms. The lowest BCUT2D eigenvalue weighted by Gasteiger charge is -2.22. The van der Waals surface area contributed by atoms with Crippen molar-refractivity contribution in [3.05, 3.63) is 29.3 Å². The Labute approximate surface area is 149 Å². The minimum absolute atomic E-state index is 0. The third-order valence-electron chi connectivity index (χ3n) is 4.13. The van der Waals surface area contributed by atoms with Crippen LogP contribution in [0, 0.1) is 12.8 Å². The van der Waals surface area contributed by atoms with Crippen molar-refractivity contribution in [3.63, 3.8) is 0 Å². The van der Waals surface area contributed by atoms with Crippen molar-refractivity contribution in [3.8, 4) is 0 Å². The van der Waals surface area contributed by atoms with Gasteiger partial charge >= 0.3 is 5.97 Å². The number of sulfonamides is 1. The van der Waals surface area contributed by atoms with Crippen LogP contribution in [0.1, 0.15) is 35.2 Å². The third kappa shape index (κ3) is 5.44. The molecule has 0 aliphatic carbocycles. The van der Waals surface area contributed by atoms with E-state index in [1.807, 2.05) is 0 Å². The summed E-state index contributed by atoms with van der Waals surface area (Å²) in [5.41, 5.74) is 0.872. The molecule has 2 N–H and O–H groups in total. The molecule has 24 heavy (non-hydrogen) atoms. The van der Waals surface area contributed by atoms with Gasteiger partial charge in [0.1, 0.15) is 0 Å². The van der Waals surface area contributed by atoms with Gasteiger partial charge in [0.05, 0.1) is 17.6 Å². The van der Waals surface area contributed by atoms with Crippen LogP contribution in [0.25, 0.3) is 0 Å². The summed E-state index contributed by atoms with van der Waals surface area (Å²) >= 11 is 0. The monoisotopic (exact) mass is 376 g/mol. The first-order valence-corrected chi connectivity index (χ1v) is 9.31. The van der Waals surface area contributed by atoms with Crippen LogP contribution < -0.4 is 10.0 Å². The van der Waals surface area contributed by atoms with Crippen molar-refractivity contribution < 1.29 is 17.9 Å². The first-order valence-electron chi connectivity index (χ1n) is 7.83. The van der Waals surface area contributed by atoms with Crippen LogP contribution >= 0.6 is 12.4 Å². The van der Waals surface area contributed by atoms with Crippen molar-refractivity contribution in [1.82, 2.24) is 10.0 Å². The Morgan fingerprint density at radius 3 is 2.75 bits per heavy atom. The Balaban J connectivity index is 0.00000288. The molecule has 0 radical (unpaired) electrons. The Bertz CT molecular complexity index is 658. The summed E-state index contributed by atoms with van der Waals surface area (Å²) in [6.45, 7) is 4.10. The molecule has 1 aliphatic rings. The average molecular weight is 377 g/mol. The lowest BCUT2D eigenvalue weighted by atomic mass is 9.96. The molecule has 1 aliphatic heterocycles. The molecule has 0 saturated carbocycles. The number of hydrogen-bond donors (Lipinski definition) is 2. The molecule has 136 valence electrons. The second kappa shape index (κ2) is 9.36. The molecule has 1 saturated heterocycles. The van der Waals surface area contributed by atoms with E-state index in [2.05, 4.69) is 14.8 Å². The van der Waals surface area contributed by atoms with Crippen LogP contribution in [0.3, 0.4) is 0 Å². The summed E-state index contributed by atoms with van der Waals surface area (Å²) in [7, 11) is -2.27. The topological polar surface area (TPSA) is 84.5 Å². The van der Waals surface area contributed by atoms with E-state index in [0.29, 0.717) is 23.6 Å². The van der Waals surface area contributed by atoms with Gasteiger partial charge in [-0.25, -0.2) is 17.9 Å². The van der Waals surface area contributed by atoms with Gasteiger partial charge in [0.25, 0.3) is 0 Å². The second-order valence-electron chi connectivity index (χ2n) is 5.87. The molecular formula is C16H25ClN2O4S. The van der Waals surface area contributed by atoms with Crippen LogP contribution in [-0.4, -0.2) is 41.1 Å². The van der Waals surface area contributed by atoms with E-state index in [-0.39, 0.29) is 17.3 Å². The molecule has 0 spiro atoms. The molecule has 2 rings (SSSR count). The van der Waals surface area contributed by atoms with Crippen molar-refractivity contribution >= 4 is 28.4 Å². The van der Waals surface area contributed by atoms with Crippen LogP contribution in [0.4, 0.5) is 0 Å². The highest BCUT2D eigenvalue weighted by atomic mass is 35.5. The molecule has 1 aromatic carbocycles. The largest absolute Gasteiger partial charge is 0.465 e. The highest BCUT2D eigenvalue weighted by Crippen LogP contribution is 2.18. The summed E-state index contributed by atoms with van der Waals surface area (Å²) in [5, 5.41) is 3.32. The van der Waals surface area contributed by atoms with Gasteiger partial charge in [-0.1, -0.05) is 0 Å². The van der Waals surface area contributed by atoms with Gasteiger partial charge in [-0.3, -0.25) is 0 Å². The summed E-state index contributed by atoms with van der Waals surface area (Å²) in [6.07, 6.45) is 3.11. The maximum atomic E-state index is 12.4. The zero-order valence-corrected chi connectivity index (χ0v) is 15.6. The first kappa shape index (κ1) is 20.9. The minimum atomic E-state index is -3.56. The van der Waals surface area contributed by atoms with Crippen LogP contribution in [0.2, 0.25) is 0 Å². The molecule has 1 atom stereocenters. The van der Waals surface area contributed by atoms with Crippen molar-refractivity contribution in [2.45, 2.75) is 31.1 Å². The summed E-state index contributed by atoms with van der Waals surface area (Å²) in [4.78, 5) is 11.7. The highest BCUT2D eigenvalue weighted by molar-refractivity contribution is 7.89. The zero-order valence-electron chi connectivity index (χ0n) is 14.0. The SMILES string of the molecule is COC(=O)c1ccc(S(=O)(=O)NCCC2CCCNC2)c(C)c1.Cl. The van der Waals surface area contributed by atoms with Gasteiger partial charge in [-0.05, 0) is 69.0 Å². The van der Waals surface area contributed by atoms with E-state index < -0.39 is 16.0 Å². The quantitative estimate of drug-likeness (QED) is 0.740. The summed E-state index contributed by atoms with van der Waals surface area (Å²) in [6, 6.07) is 4.45. The Hall–Kier alpha value is -1.15. The fraction of sp³-hybridized carbons (Fsp3) is 0.562. The van der Waals surface area contributed by atoms with Crippen LogP contribution in [-0.2, 0) is 14.8 Å². The molecule has 6 nitrogen and oxygen atoms in total. The number of esters is 1. The minimum Gasteiger partial charge on any atom is -0.465 e. The number of nitrogens with one attached hydrogen (secondary N) is 2. The molecule has 0 bridgehead atoms. The van der Waals surface area contributed by atoms with E-state index in [1.54, 1.807) is 6.92 Å². The maximum absolute atomic E-state index is 12.4. The predicted molar refractivity (Wildman–Crippen MR) is 95.2 cm³/mol. The molecule has 1 aromatic rings. The van der Waals surface area contributed by atoms with Crippen molar-refractivity contribution in [2.75, 3.05) is 26.7 Å². The lowest BCUT2D eigenvalue weighted by molar-refractivity contribution is 0.0600. The predicted octanol–water partition coefficient (Wildman–Crippen LogP) is 1.87. The van der Waals surface area contributed by atoms with E-state index in [1.165, 1.54) is 25.3 Å². The van der Waals surface area contributed by atoms with Crippen LogP contribution in [0.5, 0.6) is 0 Å². The number of benzene rings is 1. The molecule has 0 aromatic heterocycles. The first-order chi connectivity index (χ1) is 10.9. The van der Waals surface area contributed by atoms with Crippen molar-refractivity contribution in [2.24, 2.45) is 5.92 Å². The van der Waals surface area contributed by atoms with Gasteiger partial charge < -0.3 is 10.1 Å². The van der Waals surface area contributed by atoms with Gasteiger partial charge in [-0.2, -0.15) is 0 Å². The molecule has 1 unspecified atom stereocenters. The van der Waals surface area contributed by atoms with E-state index in [0.717, 1.165) is 32.4 Å². The molecule has 1 fully saturated rings. The van der Waals surface area contributed by atoms with Gasteiger partial charge in [0, 0.05) is 6.54 Å². The zero-order chi connectivity index (χ0) is 16.9. The fourth-order valence-electron chi connectivity index (χ4n) is 2.84. The maximum Gasteiger partial charge on any atom is 0.337 e. The smallest absolute Gasteiger partial charge is 0.337 e. The Morgan fingerprint density at radius 1 is 1.42 bits per heavy atom. The van der Waals surface area contributed by atoms with Gasteiger partial charge in [0.15, 0.2) is 0 Å². The number of methoxy groups -OCH3 is 1. The number of aryl methyl sites for hydroxylation is 1. The van der Waals surface area contributed by atoms with E-state index in [4.69, 9.17) is 0 Å². The number of piperidine rings is 1. The fourth-order valence-corrected chi connectivity index (χ4v) is 4.11. The lowest BCUT2D eigenvalue weighted by Crippen LogP contribution is -2.33. The standard InChI is InChI=1S/C16H24N2O4S.ClH/c1-12-10-14(16(19)22-2)5-6-15(12)23(20,21)18-9-7-13-4-3-8-17-11-13;/h5-6,10,13,17-18H,3-4,7-9,11H2,1-2H3;1H. The average Bonchev–Trinajstić information content (AvgIpc) is 2.54. The van der Waals surface area contributed by atoms with Crippen LogP contribution in [0.15, 0.2) is 23.1 Å². The molecule has 0 amide bonds.